The average molecular weight is 363 g/mol. The lowest BCUT2D eigenvalue weighted by Gasteiger charge is -2.01. The molecule has 0 amide bonds. The first kappa shape index (κ1) is 14.6. The van der Waals surface area contributed by atoms with Gasteiger partial charge >= 0.3 is 0 Å². The summed E-state index contributed by atoms with van der Waals surface area (Å²) in [6.45, 7) is 0. The van der Waals surface area contributed by atoms with Gasteiger partial charge in [-0.15, -0.1) is 0 Å². The van der Waals surface area contributed by atoms with E-state index in [2.05, 4.69) is 72.3 Å². The van der Waals surface area contributed by atoms with Gasteiger partial charge in [0.05, 0.1) is 0 Å². The molecule has 6 aromatic rings. The summed E-state index contributed by atoms with van der Waals surface area (Å²) < 4.78 is 14.7. The first-order valence-corrected chi connectivity index (χ1v) is 9.73. The molecule has 0 N–H and O–H groups in total. The molecule has 0 atom stereocenters. The SMILES string of the molecule is Cn1c2ccccc2c2cc3oc4cc5c6c(oc5cc4c3cc21)C=CCC6. The zero-order valence-corrected chi connectivity index (χ0v) is 15.5. The average Bonchev–Trinajstić information content (AvgIpc) is 3.35. The lowest BCUT2D eigenvalue weighted by atomic mass is 10.0. The molecule has 0 unspecified atom stereocenters. The van der Waals surface area contributed by atoms with Crippen LogP contribution in [0.2, 0.25) is 0 Å². The van der Waals surface area contributed by atoms with Gasteiger partial charge in [0.2, 0.25) is 0 Å². The maximum atomic E-state index is 6.32. The molecule has 1 aliphatic rings. The first-order valence-electron chi connectivity index (χ1n) is 9.73. The van der Waals surface area contributed by atoms with Crippen LogP contribution in [0.5, 0.6) is 0 Å². The fraction of sp³-hybridized carbons (Fsp3) is 0.120. The Morgan fingerprint density at radius 3 is 2.43 bits per heavy atom. The molecule has 0 saturated heterocycles. The Kier molecular flexibility index (Phi) is 2.54. The molecule has 3 heterocycles. The molecule has 3 aromatic heterocycles. The number of para-hydroxylation sites is 1. The van der Waals surface area contributed by atoms with Crippen molar-refractivity contribution in [2.24, 2.45) is 7.05 Å². The van der Waals surface area contributed by atoms with Gasteiger partial charge in [0.1, 0.15) is 22.5 Å². The summed E-state index contributed by atoms with van der Waals surface area (Å²) in [5.41, 5.74) is 6.57. The number of rotatable bonds is 0. The Morgan fingerprint density at radius 1 is 0.750 bits per heavy atom. The molecule has 0 radical (unpaired) electrons. The van der Waals surface area contributed by atoms with Gasteiger partial charge in [0.15, 0.2) is 0 Å². The van der Waals surface area contributed by atoms with Crippen LogP contribution in [-0.4, -0.2) is 4.57 Å². The summed E-state index contributed by atoms with van der Waals surface area (Å²) in [6.07, 6.45) is 6.37. The molecule has 3 nitrogen and oxygen atoms in total. The fourth-order valence-electron chi connectivity index (χ4n) is 4.90. The van der Waals surface area contributed by atoms with Gasteiger partial charge in [0.25, 0.3) is 0 Å². The molecule has 7 rings (SSSR count). The van der Waals surface area contributed by atoms with E-state index < -0.39 is 0 Å². The monoisotopic (exact) mass is 363 g/mol. The summed E-state index contributed by atoms with van der Waals surface area (Å²) in [5.74, 6) is 0.995. The Hall–Kier alpha value is -3.46. The van der Waals surface area contributed by atoms with Gasteiger partial charge in [0, 0.05) is 50.6 Å². The lowest BCUT2D eigenvalue weighted by molar-refractivity contribution is 0.595. The van der Waals surface area contributed by atoms with Gasteiger partial charge in [-0.3, -0.25) is 0 Å². The number of fused-ring (bicyclic) bond motifs is 9. The number of aromatic nitrogens is 1. The quantitative estimate of drug-likeness (QED) is 0.293. The van der Waals surface area contributed by atoms with Crippen molar-refractivity contribution in [2.75, 3.05) is 0 Å². The van der Waals surface area contributed by atoms with E-state index in [4.69, 9.17) is 8.83 Å². The molecular formula is C25H17NO2. The second-order valence-corrected chi connectivity index (χ2v) is 7.77. The highest BCUT2D eigenvalue weighted by Gasteiger charge is 2.19. The molecule has 0 spiro atoms. The number of hydrogen-bond acceptors (Lipinski definition) is 2. The highest BCUT2D eigenvalue weighted by Crippen LogP contribution is 2.40. The maximum absolute atomic E-state index is 6.32. The molecular weight excluding hydrogens is 346 g/mol. The predicted molar refractivity (Wildman–Crippen MR) is 115 cm³/mol. The molecule has 3 aromatic carbocycles. The van der Waals surface area contributed by atoms with Crippen LogP contribution in [0.3, 0.4) is 0 Å². The van der Waals surface area contributed by atoms with E-state index in [1.165, 1.54) is 32.8 Å². The van der Waals surface area contributed by atoms with E-state index in [9.17, 15) is 0 Å². The van der Waals surface area contributed by atoms with Gasteiger partial charge in [-0.2, -0.15) is 0 Å². The number of nitrogens with zero attached hydrogens (tertiary/aromatic N) is 1. The zero-order chi connectivity index (χ0) is 18.4. The first-order chi connectivity index (χ1) is 13.8. The Balaban J connectivity index is 1.62. The third-order valence-electron chi connectivity index (χ3n) is 6.28. The Morgan fingerprint density at radius 2 is 1.50 bits per heavy atom. The number of allylic oxidation sites excluding steroid dienone is 1. The third-order valence-corrected chi connectivity index (χ3v) is 6.28. The predicted octanol–water partition coefficient (Wildman–Crippen LogP) is 6.94. The third kappa shape index (κ3) is 1.70. The molecule has 3 heteroatoms. The van der Waals surface area contributed by atoms with Crippen LogP contribution in [0.1, 0.15) is 17.7 Å². The number of furan rings is 2. The lowest BCUT2D eigenvalue weighted by Crippen LogP contribution is -1.88. The molecule has 1 aliphatic carbocycles. The van der Waals surface area contributed by atoms with Crippen LogP contribution >= 0.6 is 0 Å². The van der Waals surface area contributed by atoms with Crippen LogP contribution in [0.4, 0.5) is 0 Å². The molecule has 28 heavy (non-hydrogen) atoms. The van der Waals surface area contributed by atoms with E-state index in [-0.39, 0.29) is 0 Å². The summed E-state index contributed by atoms with van der Waals surface area (Å²) >= 11 is 0. The van der Waals surface area contributed by atoms with Gasteiger partial charge in [-0.05, 0) is 49.2 Å². The van der Waals surface area contributed by atoms with Crippen molar-refractivity contribution in [3.63, 3.8) is 0 Å². The van der Waals surface area contributed by atoms with Gasteiger partial charge < -0.3 is 13.4 Å². The van der Waals surface area contributed by atoms with Crippen LogP contribution < -0.4 is 0 Å². The zero-order valence-electron chi connectivity index (χ0n) is 15.5. The standard InChI is InChI=1S/C25H17NO2/c1-26-20-8-4-2-6-14(20)16-11-23-17(10-21(16)26)19-13-24-18(12-25(19)28-23)15-7-3-5-9-22(15)27-24/h2,4-6,8-13H,3,7H2,1H3. The van der Waals surface area contributed by atoms with Gasteiger partial charge in [-0.1, -0.05) is 24.3 Å². The smallest absolute Gasteiger partial charge is 0.136 e. The molecule has 134 valence electrons. The van der Waals surface area contributed by atoms with Crippen LogP contribution in [0.25, 0.3) is 60.8 Å². The summed E-state index contributed by atoms with van der Waals surface area (Å²) in [7, 11) is 2.13. The van der Waals surface area contributed by atoms with E-state index in [0.29, 0.717) is 0 Å². The molecule has 0 bridgehead atoms. The van der Waals surface area contributed by atoms with E-state index in [1.807, 2.05) is 0 Å². The number of benzene rings is 3. The van der Waals surface area contributed by atoms with Crippen molar-refractivity contribution in [1.29, 1.82) is 0 Å². The minimum absolute atomic E-state index is 0.931. The second-order valence-electron chi connectivity index (χ2n) is 7.77. The minimum atomic E-state index is 0.931. The maximum Gasteiger partial charge on any atom is 0.136 e. The van der Waals surface area contributed by atoms with Crippen molar-refractivity contribution >= 4 is 60.8 Å². The number of hydrogen-bond donors (Lipinski definition) is 0. The Labute approximate surface area is 160 Å². The topological polar surface area (TPSA) is 31.2 Å². The van der Waals surface area contributed by atoms with E-state index >= 15 is 0 Å². The summed E-state index contributed by atoms with van der Waals surface area (Å²) in [4.78, 5) is 0. The minimum Gasteiger partial charge on any atom is -0.456 e. The van der Waals surface area contributed by atoms with Crippen molar-refractivity contribution in [3.05, 3.63) is 65.9 Å². The van der Waals surface area contributed by atoms with E-state index in [0.717, 1.165) is 46.1 Å². The van der Waals surface area contributed by atoms with Crippen molar-refractivity contribution in [2.45, 2.75) is 12.8 Å². The molecule has 0 fully saturated rings. The van der Waals surface area contributed by atoms with Crippen LogP contribution in [0.15, 0.2) is 63.4 Å². The summed E-state index contributed by atoms with van der Waals surface area (Å²) in [6, 6.07) is 17.3. The second kappa shape index (κ2) is 4.87. The van der Waals surface area contributed by atoms with Crippen molar-refractivity contribution in [1.82, 2.24) is 4.57 Å². The summed E-state index contributed by atoms with van der Waals surface area (Å²) in [5, 5.41) is 5.93. The van der Waals surface area contributed by atoms with Crippen LogP contribution in [0, 0.1) is 0 Å². The van der Waals surface area contributed by atoms with Gasteiger partial charge in [-0.25, -0.2) is 0 Å². The van der Waals surface area contributed by atoms with Crippen molar-refractivity contribution < 1.29 is 8.83 Å². The van der Waals surface area contributed by atoms with E-state index in [1.54, 1.807) is 0 Å². The highest BCUT2D eigenvalue weighted by atomic mass is 16.3. The molecule has 0 saturated carbocycles. The fourth-order valence-corrected chi connectivity index (χ4v) is 4.90. The van der Waals surface area contributed by atoms with Crippen LogP contribution in [-0.2, 0) is 13.5 Å². The number of aryl methyl sites for hydroxylation is 2. The normalized spacial score (nSPS) is 14.2. The van der Waals surface area contributed by atoms with Crippen molar-refractivity contribution in [3.8, 4) is 0 Å². The molecule has 0 aliphatic heterocycles. The Bertz CT molecular complexity index is 1620. The highest BCUT2D eigenvalue weighted by molar-refractivity contribution is 6.17. The largest absolute Gasteiger partial charge is 0.456 e.